The minimum Gasteiger partial charge on any atom is -0.332 e. The summed E-state index contributed by atoms with van der Waals surface area (Å²) in [6, 6.07) is 8.43. The summed E-state index contributed by atoms with van der Waals surface area (Å²) in [6.07, 6.45) is 1.87. The number of hydrogen-bond donors (Lipinski definition) is 1. The third kappa shape index (κ3) is 1.95. The third-order valence-electron chi connectivity index (χ3n) is 4.70. The highest BCUT2D eigenvalue weighted by Crippen LogP contribution is 2.56. The Morgan fingerprint density at radius 2 is 1.85 bits per heavy atom. The summed E-state index contributed by atoms with van der Waals surface area (Å²) >= 11 is 5.99. The van der Waals surface area contributed by atoms with Crippen molar-refractivity contribution in [2.45, 2.75) is 38.8 Å². The Morgan fingerprint density at radius 3 is 2.40 bits per heavy atom. The number of benzene rings is 1. The first kappa shape index (κ1) is 13.9. The smallest absolute Gasteiger partial charge is 0.232 e. The van der Waals surface area contributed by atoms with E-state index in [1.807, 2.05) is 17.0 Å². The summed E-state index contributed by atoms with van der Waals surface area (Å²) in [5.41, 5.74) is 1.02. The van der Waals surface area contributed by atoms with Gasteiger partial charge in [0.25, 0.3) is 0 Å². The molecule has 0 saturated carbocycles. The summed E-state index contributed by atoms with van der Waals surface area (Å²) in [5, 5.41) is 4.11. The van der Waals surface area contributed by atoms with Crippen molar-refractivity contribution in [2.75, 3.05) is 13.1 Å². The number of β-lactam (4-membered cyclic amide) rings is 1. The molecule has 1 aromatic carbocycles. The average Bonchev–Trinajstić information content (AvgIpc) is 2.46. The minimum atomic E-state index is -0.191. The lowest BCUT2D eigenvalue weighted by molar-refractivity contribution is -0.182. The van der Waals surface area contributed by atoms with Crippen molar-refractivity contribution in [3.63, 3.8) is 0 Å². The van der Waals surface area contributed by atoms with E-state index in [2.05, 4.69) is 31.3 Å². The minimum absolute atomic E-state index is 0.191. The van der Waals surface area contributed by atoms with Gasteiger partial charge in [0.05, 0.1) is 11.5 Å². The molecule has 3 nitrogen and oxygen atoms in total. The zero-order valence-corrected chi connectivity index (χ0v) is 12.8. The Morgan fingerprint density at radius 1 is 1.25 bits per heavy atom. The first-order valence-corrected chi connectivity index (χ1v) is 7.73. The van der Waals surface area contributed by atoms with Gasteiger partial charge in [-0.25, -0.2) is 0 Å². The van der Waals surface area contributed by atoms with Gasteiger partial charge in [-0.2, -0.15) is 0 Å². The van der Waals surface area contributed by atoms with Crippen LogP contribution >= 0.6 is 11.6 Å². The Labute approximate surface area is 125 Å². The lowest BCUT2D eigenvalue weighted by Crippen LogP contribution is -2.67. The monoisotopic (exact) mass is 292 g/mol. The fourth-order valence-electron chi connectivity index (χ4n) is 3.71. The predicted octanol–water partition coefficient (Wildman–Crippen LogP) is 3.00. The number of hydrogen-bond acceptors (Lipinski definition) is 2. The van der Waals surface area contributed by atoms with E-state index in [-0.39, 0.29) is 17.5 Å². The molecular formula is C16H21ClN2O. The normalized spacial score (nSPS) is 25.1. The Bertz CT molecular complexity index is 506. The molecule has 4 heteroatoms. The molecule has 0 bridgehead atoms. The van der Waals surface area contributed by atoms with E-state index in [0.717, 1.165) is 31.0 Å². The van der Waals surface area contributed by atoms with Crippen LogP contribution in [0.4, 0.5) is 0 Å². The van der Waals surface area contributed by atoms with Gasteiger partial charge in [-0.05, 0) is 57.5 Å². The van der Waals surface area contributed by atoms with Crippen LogP contribution in [-0.4, -0.2) is 29.9 Å². The lowest BCUT2D eigenvalue weighted by Gasteiger charge is -2.59. The second-order valence-corrected chi connectivity index (χ2v) is 6.60. The van der Waals surface area contributed by atoms with Crippen molar-refractivity contribution in [3.05, 3.63) is 34.9 Å². The largest absolute Gasteiger partial charge is 0.332 e. The maximum absolute atomic E-state index is 12.7. The van der Waals surface area contributed by atoms with Crippen molar-refractivity contribution < 1.29 is 4.79 Å². The summed E-state index contributed by atoms with van der Waals surface area (Å²) < 4.78 is 0. The highest BCUT2D eigenvalue weighted by molar-refractivity contribution is 6.30. The van der Waals surface area contributed by atoms with Crippen LogP contribution in [0.1, 0.15) is 38.3 Å². The van der Waals surface area contributed by atoms with Gasteiger partial charge in [0.15, 0.2) is 0 Å². The number of nitrogens with one attached hydrogen (secondary N) is 1. The zero-order chi connectivity index (χ0) is 14.3. The fourth-order valence-corrected chi connectivity index (χ4v) is 3.83. The molecule has 1 aromatic rings. The molecule has 1 spiro atoms. The van der Waals surface area contributed by atoms with Crippen molar-refractivity contribution in [1.82, 2.24) is 10.2 Å². The SMILES string of the molecule is CC(C)N1C(=O)C2(CCNCC2)C1c1ccc(Cl)cc1. The maximum atomic E-state index is 12.7. The van der Waals surface area contributed by atoms with Crippen LogP contribution < -0.4 is 5.32 Å². The van der Waals surface area contributed by atoms with Crippen molar-refractivity contribution in [3.8, 4) is 0 Å². The molecular weight excluding hydrogens is 272 g/mol. The van der Waals surface area contributed by atoms with Gasteiger partial charge in [0.2, 0.25) is 5.91 Å². The number of nitrogens with zero attached hydrogens (tertiary/aromatic N) is 1. The molecule has 1 amide bonds. The topological polar surface area (TPSA) is 32.3 Å². The fraction of sp³-hybridized carbons (Fsp3) is 0.562. The molecule has 0 aromatic heterocycles. The van der Waals surface area contributed by atoms with Crippen LogP contribution in [-0.2, 0) is 4.79 Å². The van der Waals surface area contributed by atoms with E-state index < -0.39 is 0 Å². The zero-order valence-electron chi connectivity index (χ0n) is 12.0. The Kier molecular flexibility index (Phi) is 3.51. The van der Waals surface area contributed by atoms with Crippen LogP contribution in [0.5, 0.6) is 0 Å². The molecule has 2 saturated heterocycles. The van der Waals surface area contributed by atoms with Gasteiger partial charge in [-0.3, -0.25) is 4.79 Å². The molecule has 1 N–H and O–H groups in total. The molecule has 108 valence electrons. The van der Waals surface area contributed by atoms with E-state index in [9.17, 15) is 4.79 Å². The van der Waals surface area contributed by atoms with Gasteiger partial charge in [-0.15, -0.1) is 0 Å². The van der Waals surface area contributed by atoms with E-state index in [1.165, 1.54) is 5.56 Å². The van der Waals surface area contributed by atoms with Gasteiger partial charge in [0, 0.05) is 11.1 Å². The average molecular weight is 293 g/mol. The van der Waals surface area contributed by atoms with Crippen molar-refractivity contribution >= 4 is 17.5 Å². The Hall–Kier alpha value is -1.06. The molecule has 0 aliphatic carbocycles. The number of piperidine rings is 1. The molecule has 3 rings (SSSR count). The van der Waals surface area contributed by atoms with Gasteiger partial charge in [0.1, 0.15) is 0 Å². The number of halogens is 1. The second kappa shape index (κ2) is 5.05. The third-order valence-corrected chi connectivity index (χ3v) is 4.95. The van der Waals surface area contributed by atoms with Crippen molar-refractivity contribution in [1.29, 1.82) is 0 Å². The van der Waals surface area contributed by atoms with E-state index in [1.54, 1.807) is 0 Å². The molecule has 0 radical (unpaired) electrons. The molecule has 1 atom stereocenters. The van der Waals surface area contributed by atoms with Crippen LogP contribution in [0, 0.1) is 5.41 Å². The Balaban J connectivity index is 1.98. The number of carbonyl (C=O) groups is 1. The van der Waals surface area contributed by atoms with Gasteiger partial charge < -0.3 is 10.2 Å². The van der Waals surface area contributed by atoms with Gasteiger partial charge in [-0.1, -0.05) is 23.7 Å². The number of carbonyl (C=O) groups excluding carboxylic acids is 1. The lowest BCUT2D eigenvalue weighted by atomic mass is 9.62. The summed E-state index contributed by atoms with van der Waals surface area (Å²) in [6.45, 7) is 6.05. The quantitative estimate of drug-likeness (QED) is 0.850. The summed E-state index contributed by atoms with van der Waals surface area (Å²) in [5.74, 6) is 0.328. The first-order valence-electron chi connectivity index (χ1n) is 7.35. The molecule has 2 fully saturated rings. The number of likely N-dealkylation sites (tertiary alicyclic amines) is 1. The second-order valence-electron chi connectivity index (χ2n) is 6.17. The van der Waals surface area contributed by atoms with E-state index >= 15 is 0 Å². The van der Waals surface area contributed by atoms with Crippen molar-refractivity contribution in [2.24, 2.45) is 5.41 Å². The van der Waals surface area contributed by atoms with Crippen LogP contribution in [0.3, 0.4) is 0 Å². The highest BCUT2D eigenvalue weighted by Gasteiger charge is 2.61. The van der Waals surface area contributed by atoms with Crippen LogP contribution in [0.25, 0.3) is 0 Å². The summed E-state index contributed by atoms with van der Waals surface area (Å²) in [4.78, 5) is 14.7. The summed E-state index contributed by atoms with van der Waals surface area (Å²) in [7, 11) is 0. The van der Waals surface area contributed by atoms with E-state index in [4.69, 9.17) is 11.6 Å². The highest BCUT2D eigenvalue weighted by atomic mass is 35.5. The maximum Gasteiger partial charge on any atom is 0.232 e. The van der Waals surface area contributed by atoms with Crippen LogP contribution in [0.2, 0.25) is 5.02 Å². The first-order chi connectivity index (χ1) is 9.56. The molecule has 20 heavy (non-hydrogen) atoms. The molecule has 2 aliphatic heterocycles. The standard InChI is InChI=1S/C16H21ClN2O/c1-11(2)19-14(12-3-5-13(17)6-4-12)16(15(19)20)7-9-18-10-8-16/h3-6,11,14,18H,7-10H2,1-2H3. The van der Waals surface area contributed by atoms with E-state index in [0.29, 0.717) is 5.91 Å². The molecule has 2 heterocycles. The molecule has 2 aliphatic rings. The molecule has 1 unspecified atom stereocenters. The number of rotatable bonds is 2. The number of amides is 1. The van der Waals surface area contributed by atoms with Crippen LogP contribution in [0.15, 0.2) is 24.3 Å². The van der Waals surface area contributed by atoms with Gasteiger partial charge >= 0.3 is 0 Å². The predicted molar refractivity (Wildman–Crippen MR) is 80.7 cm³/mol.